The minimum absolute atomic E-state index is 0.0139. The highest BCUT2D eigenvalue weighted by Gasteiger charge is 2.26. The van der Waals surface area contributed by atoms with Gasteiger partial charge in [0.2, 0.25) is 0 Å². The number of halogens is 1. The van der Waals surface area contributed by atoms with Crippen LogP contribution in [0.2, 0.25) is 0 Å². The summed E-state index contributed by atoms with van der Waals surface area (Å²) in [5.74, 6) is -0.377. The first-order valence-corrected chi connectivity index (χ1v) is 7.92. The molecular weight excluding hydrogens is 352 g/mol. The summed E-state index contributed by atoms with van der Waals surface area (Å²) in [4.78, 5) is 23.0. The van der Waals surface area contributed by atoms with Gasteiger partial charge in [0.25, 0.3) is 0 Å². The predicted molar refractivity (Wildman–Crippen MR) is 86.2 cm³/mol. The summed E-state index contributed by atoms with van der Waals surface area (Å²) in [5.41, 5.74) is 0.621. The van der Waals surface area contributed by atoms with Gasteiger partial charge in [-0.25, -0.2) is 4.79 Å². The molecule has 1 aromatic carbocycles. The van der Waals surface area contributed by atoms with Crippen molar-refractivity contribution >= 4 is 33.6 Å². The lowest BCUT2D eigenvalue weighted by molar-refractivity contribution is -0.142. The molecule has 0 aliphatic heterocycles. The van der Waals surface area contributed by atoms with E-state index in [1.807, 2.05) is 0 Å². The Labute approximate surface area is 137 Å². The number of aliphatic carboxylic acids is 1. The average molecular weight is 371 g/mol. The number of carbonyl (C=O) groups is 2. The Balaban J connectivity index is 1.87. The van der Waals surface area contributed by atoms with Crippen LogP contribution in [0, 0.1) is 5.92 Å². The number of urea groups is 1. The van der Waals surface area contributed by atoms with Gasteiger partial charge in [-0.1, -0.05) is 0 Å². The van der Waals surface area contributed by atoms with Crippen LogP contribution in [-0.4, -0.2) is 30.3 Å². The van der Waals surface area contributed by atoms with Crippen LogP contribution in [0.5, 0.6) is 5.75 Å². The Hall–Kier alpha value is -1.76. The van der Waals surface area contributed by atoms with Crippen molar-refractivity contribution in [3.63, 3.8) is 0 Å². The molecule has 6 nitrogen and oxygen atoms in total. The Morgan fingerprint density at radius 1 is 1.27 bits per heavy atom. The van der Waals surface area contributed by atoms with Gasteiger partial charge in [0, 0.05) is 16.6 Å². The molecule has 2 amide bonds. The molecule has 0 unspecified atom stereocenters. The van der Waals surface area contributed by atoms with E-state index in [-0.39, 0.29) is 18.0 Å². The molecule has 1 aliphatic carbocycles. The maximum atomic E-state index is 12.0. The summed E-state index contributed by atoms with van der Waals surface area (Å²) >= 11 is 3.37. The number of rotatable bonds is 4. The molecule has 0 radical (unpaired) electrons. The van der Waals surface area contributed by atoms with Crippen molar-refractivity contribution in [1.82, 2.24) is 5.32 Å². The fraction of sp³-hybridized carbons (Fsp3) is 0.467. The first-order chi connectivity index (χ1) is 10.5. The number of hydrogen-bond donors (Lipinski definition) is 3. The van der Waals surface area contributed by atoms with Crippen molar-refractivity contribution in [1.29, 1.82) is 0 Å². The molecule has 120 valence electrons. The maximum Gasteiger partial charge on any atom is 0.319 e. The fourth-order valence-electron chi connectivity index (χ4n) is 2.56. The van der Waals surface area contributed by atoms with Crippen LogP contribution >= 0.6 is 15.9 Å². The second-order valence-electron chi connectivity index (χ2n) is 5.33. The number of carboxylic acids is 1. The largest absolute Gasteiger partial charge is 0.497 e. The maximum absolute atomic E-state index is 12.0. The average Bonchev–Trinajstić information content (AvgIpc) is 2.50. The Morgan fingerprint density at radius 3 is 2.55 bits per heavy atom. The van der Waals surface area contributed by atoms with Gasteiger partial charge < -0.3 is 20.5 Å². The number of carbonyl (C=O) groups excluding carboxylic acids is 1. The van der Waals surface area contributed by atoms with Gasteiger partial charge in [-0.05, 0) is 53.7 Å². The van der Waals surface area contributed by atoms with Crippen molar-refractivity contribution in [2.45, 2.75) is 31.7 Å². The summed E-state index contributed by atoms with van der Waals surface area (Å²) in [7, 11) is 1.56. The van der Waals surface area contributed by atoms with E-state index >= 15 is 0 Å². The highest BCUT2D eigenvalue weighted by Crippen LogP contribution is 2.28. The first kappa shape index (κ1) is 16.6. The quantitative estimate of drug-likeness (QED) is 0.759. The number of anilines is 1. The number of carboxylic acid groups (broad SMARTS) is 1. The second kappa shape index (κ2) is 7.49. The minimum atomic E-state index is -0.747. The first-order valence-electron chi connectivity index (χ1n) is 7.13. The lowest BCUT2D eigenvalue weighted by Gasteiger charge is -2.26. The molecule has 0 atom stereocenters. The topological polar surface area (TPSA) is 87.7 Å². The lowest BCUT2D eigenvalue weighted by Crippen LogP contribution is -2.41. The molecule has 1 saturated carbocycles. The van der Waals surface area contributed by atoms with Crippen molar-refractivity contribution in [2.24, 2.45) is 5.92 Å². The highest BCUT2D eigenvalue weighted by atomic mass is 79.9. The van der Waals surface area contributed by atoms with E-state index in [1.54, 1.807) is 25.3 Å². The molecule has 22 heavy (non-hydrogen) atoms. The van der Waals surface area contributed by atoms with Crippen molar-refractivity contribution in [3.05, 3.63) is 22.7 Å². The number of methoxy groups -OCH3 is 1. The molecule has 0 spiro atoms. The molecule has 7 heteroatoms. The van der Waals surface area contributed by atoms with Crippen LogP contribution in [0.15, 0.2) is 22.7 Å². The molecule has 2 rings (SSSR count). The van der Waals surface area contributed by atoms with Crippen LogP contribution in [0.1, 0.15) is 25.7 Å². The van der Waals surface area contributed by atoms with Crippen molar-refractivity contribution in [2.75, 3.05) is 12.4 Å². The number of hydrogen-bond acceptors (Lipinski definition) is 3. The number of ether oxygens (including phenoxy) is 1. The fourth-order valence-corrected chi connectivity index (χ4v) is 2.90. The van der Waals surface area contributed by atoms with E-state index in [0.29, 0.717) is 37.1 Å². The third-order valence-corrected chi connectivity index (χ3v) is 4.52. The van der Waals surface area contributed by atoms with Crippen molar-refractivity contribution < 1.29 is 19.4 Å². The molecule has 0 heterocycles. The molecule has 3 N–H and O–H groups in total. The van der Waals surface area contributed by atoms with E-state index in [2.05, 4.69) is 26.6 Å². The monoisotopic (exact) mass is 370 g/mol. The number of nitrogens with one attached hydrogen (secondary N) is 2. The molecule has 0 bridgehead atoms. The van der Waals surface area contributed by atoms with Crippen LogP contribution in [0.4, 0.5) is 10.5 Å². The molecular formula is C15H19BrN2O4. The molecule has 1 aliphatic rings. The van der Waals surface area contributed by atoms with Crippen LogP contribution < -0.4 is 15.4 Å². The molecule has 1 fully saturated rings. The van der Waals surface area contributed by atoms with E-state index in [0.717, 1.165) is 4.47 Å². The number of amides is 2. The smallest absolute Gasteiger partial charge is 0.319 e. The molecule has 0 saturated heterocycles. The normalized spacial score (nSPS) is 21.0. The zero-order valence-corrected chi connectivity index (χ0v) is 13.9. The standard InChI is InChI=1S/C15H19BrN2O4/c1-22-11-6-7-12(16)13(8-11)18-15(21)17-10-4-2-9(3-5-10)14(19)20/h6-10H,2-5H2,1H3,(H,19,20)(H2,17,18,21). The third-order valence-electron chi connectivity index (χ3n) is 3.83. The van der Waals surface area contributed by atoms with Crippen LogP contribution in [0.25, 0.3) is 0 Å². The Bertz CT molecular complexity index is 556. The predicted octanol–water partition coefficient (Wildman–Crippen LogP) is 3.22. The third kappa shape index (κ3) is 4.37. The zero-order chi connectivity index (χ0) is 16.1. The van der Waals surface area contributed by atoms with Gasteiger partial charge in [0.05, 0.1) is 18.7 Å². The van der Waals surface area contributed by atoms with Crippen molar-refractivity contribution in [3.8, 4) is 5.75 Å². The Kier molecular flexibility index (Phi) is 5.65. The summed E-state index contributed by atoms with van der Waals surface area (Å²) in [6.45, 7) is 0. The summed E-state index contributed by atoms with van der Waals surface area (Å²) in [6.07, 6.45) is 2.57. The van der Waals surface area contributed by atoms with Gasteiger partial charge >= 0.3 is 12.0 Å². The van der Waals surface area contributed by atoms with Gasteiger partial charge in [-0.2, -0.15) is 0 Å². The van der Waals surface area contributed by atoms with Gasteiger partial charge in [-0.15, -0.1) is 0 Å². The Morgan fingerprint density at radius 2 is 1.95 bits per heavy atom. The minimum Gasteiger partial charge on any atom is -0.497 e. The van der Waals surface area contributed by atoms with Gasteiger partial charge in [-0.3, -0.25) is 4.79 Å². The summed E-state index contributed by atoms with van der Waals surface area (Å²) in [5, 5.41) is 14.6. The number of benzene rings is 1. The van der Waals surface area contributed by atoms with E-state index in [1.165, 1.54) is 0 Å². The zero-order valence-electron chi connectivity index (χ0n) is 12.3. The lowest BCUT2D eigenvalue weighted by atomic mass is 9.86. The van der Waals surface area contributed by atoms with E-state index < -0.39 is 5.97 Å². The van der Waals surface area contributed by atoms with E-state index in [9.17, 15) is 9.59 Å². The van der Waals surface area contributed by atoms with E-state index in [4.69, 9.17) is 9.84 Å². The SMILES string of the molecule is COc1ccc(Br)c(NC(=O)NC2CCC(C(=O)O)CC2)c1. The summed E-state index contributed by atoms with van der Waals surface area (Å²) < 4.78 is 5.89. The van der Waals surface area contributed by atoms with Gasteiger partial charge in [0.15, 0.2) is 0 Å². The van der Waals surface area contributed by atoms with Gasteiger partial charge in [0.1, 0.15) is 5.75 Å². The summed E-state index contributed by atoms with van der Waals surface area (Å²) in [6, 6.07) is 5.03. The highest BCUT2D eigenvalue weighted by molar-refractivity contribution is 9.10. The second-order valence-corrected chi connectivity index (χ2v) is 6.19. The molecule has 0 aromatic heterocycles. The molecule has 1 aromatic rings. The van der Waals surface area contributed by atoms with Crippen LogP contribution in [-0.2, 0) is 4.79 Å². The van der Waals surface area contributed by atoms with Crippen LogP contribution in [0.3, 0.4) is 0 Å².